The van der Waals surface area contributed by atoms with Gasteiger partial charge < -0.3 is 23.9 Å². The third kappa shape index (κ3) is 5.89. The van der Waals surface area contributed by atoms with Gasteiger partial charge in [-0.05, 0) is 50.6 Å². The fourth-order valence-corrected chi connectivity index (χ4v) is 3.99. The fraction of sp³-hybridized carbons (Fsp3) is 0.478. The van der Waals surface area contributed by atoms with Gasteiger partial charge in [-0.3, -0.25) is 9.69 Å². The molecule has 1 fully saturated rings. The lowest BCUT2D eigenvalue weighted by Crippen LogP contribution is -2.40. The molecule has 0 aliphatic carbocycles. The lowest BCUT2D eigenvalue weighted by Gasteiger charge is -2.30. The Morgan fingerprint density at radius 2 is 2.03 bits per heavy atom. The molecular weight excluding hydrogens is 424 g/mol. The van der Waals surface area contributed by atoms with Crippen LogP contribution in [0.3, 0.4) is 0 Å². The highest BCUT2D eigenvalue weighted by atomic mass is 16.5. The molecule has 0 atom stereocenters. The summed E-state index contributed by atoms with van der Waals surface area (Å²) in [5.41, 5.74) is 0.797. The molecule has 1 aliphatic rings. The fourth-order valence-electron chi connectivity index (χ4n) is 3.99. The quantitative estimate of drug-likeness (QED) is 0.465. The number of aromatic nitrogens is 4. The number of likely N-dealkylation sites (tertiary alicyclic amines) is 1. The van der Waals surface area contributed by atoms with Crippen LogP contribution in [-0.2, 0) is 17.9 Å². The Morgan fingerprint density at radius 3 is 2.76 bits per heavy atom. The largest absolute Gasteiger partial charge is 0.493 e. The third-order valence-electron chi connectivity index (χ3n) is 5.88. The van der Waals surface area contributed by atoms with Crippen molar-refractivity contribution in [3.63, 3.8) is 0 Å². The number of aryl methyl sites for hydroxylation is 1. The molecular formula is C23H30N6O4. The van der Waals surface area contributed by atoms with Gasteiger partial charge in [0.15, 0.2) is 11.5 Å². The number of imidazole rings is 1. The van der Waals surface area contributed by atoms with Crippen molar-refractivity contribution in [1.82, 2.24) is 29.9 Å². The Hall–Kier alpha value is -3.40. The van der Waals surface area contributed by atoms with E-state index in [1.54, 1.807) is 26.7 Å². The Balaban J connectivity index is 1.22. The highest BCUT2D eigenvalue weighted by Gasteiger charge is 2.26. The van der Waals surface area contributed by atoms with Crippen molar-refractivity contribution in [3.8, 4) is 22.9 Å². The highest BCUT2D eigenvalue weighted by Crippen LogP contribution is 2.31. The van der Waals surface area contributed by atoms with Crippen LogP contribution in [0.5, 0.6) is 11.5 Å². The van der Waals surface area contributed by atoms with Crippen LogP contribution in [0.15, 0.2) is 41.4 Å². The van der Waals surface area contributed by atoms with E-state index < -0.39 is 0 Å². The zero-order chi connectivity index (χ0) is 23.0. The number of methoxy groups -OCH3 is 2. The van der Waals surface area contributed by atoms with Gasteiger partial charge in [0, 0.05) is 37.0 Å². The van der Waals surface area contributed by atoms with Crippen molar-refractivity contribution in [2.75, 3.05) is 33.9 Å². The summed E-state index contributed by atoms with van der Waals surface area (Å²) in [7, 11) is 3.19. The van der Waals surface area contributed by atoms with E-state index >= 15 is 0 Å². The second-order valence-corrected chi connectivity index (χ2v) is 8.08. The van der Waals surface area contributed by atoms with Crippen LogP contribution >= 0.6 is 0 Å². The molecule has 0 radical (unpaired) electrons. The molecule has 2 aromatic heterocycles. The minimum absolute atomic E-state index is 0.0551. The summed E-state index contributed by atoms with van der Waals surface area (Å²) in [6.07, 6.45) is 8.02. The molecule has 1 aliphatic heterocycles. The van der Waals surface area contributed by atoms with E-state index in [9.17, 15) is 4.79 Å². The molecule has 0 bridgehead atoms. The highest BCUT2D eigenvalue weighted by molar-refractivity contribution is 5.78. The summed E-state index contributed by atoms with van der Waals surface area (Å²) in [4.78, 5) is 23.3. The zero-order valence-electron chi connectivity index (χ0n) is 19.1. The van der Waals surface area contributed by atoms with Gasteiger partial charge in [-0.15, -0.1) is 0 Å². The van der Waals surface area contributed by atoms with Crippen molar-refractivity contribution in [2.24, 2.45) is 5.92 Å². The summed E-state index contributed by atoms with van der Waals surface area (Å²) in [5.74, 6) is 2.53. The Kier molecular flexibility index (Phi) is 7.56. The third-order valence-corrected chi connectivity index (χ3v) is 5.88. The van der Waals surface area contributed by atoms with E-state index in [0.29, 0.717) is 36.3 Å². The molecule has 10 nitrogen and oxygen atoms in total. The molecule has 1 saturated heterocycles. The second kappa shape index (κ2) is 11.0. The number of hydrogen-bond donors (Lipinski definition) is 1. The number of rotatable bonds is 10. The van der Waals surface area contributed by atoms with Gasteiger partial charge in [0.05, 0.1) is 27.1 Å². The minimum Gasteiger partial charge on any atom is -0.493 e. The van der Waals surface area contributed by atoms with Crippen molar-refractivity contribution in [1.29, 1.82) is 0 Å². The predicted molar refractivity (Wildman–Crippen MR) is 121 cm³/mol. The number of piperidine rings is 1. The number of ether oxygens (including phenoxy) is 2. The molecule has 10 heteroatoms. The lowest BCUT2D eigenvalue weighted by atomic mass is 9.96. The van der Waals surface area contributed by atoms with Crippen molar-refractivity contribution in [3.05, 3.63) is 42.8 Å². The Morgan fingerprint density at radius 1 is 1.21 bits per heavy atom. The van der Waals surface area contributed by atoms with Crippen LogP contribution in [0.4, 0.5) is 0 Å². The molecule has 1 aromatic carbocycles. The van der Waals surface area contributed by atoms with Gasteiger partial charge in [-0.25, -0.2) is 4.98 Å². The molecule has 4 rings (SSSR count). The molecule has 0 saturated carbocycles. The molecule has 3 heterocycles. The average molecular weight is 455 g/mol. The van der Waals surface area contributed by atoms with Gasteiger partial charge in [0.1, 0.15) is 0 Å². The Labute approximate surface area is 192 Å². The molecule has 176 valence electrons. The monoisotopic (exact) mass is 454 g/mol. The summed E-state index contributed by atoms with van der Waals surface area (Å²) in [6, 6.07) is 5.51. The van der Waals surface area contributed by atoms with Crippen LogP contribution in [0, 0.1) is 5.92 Å². The van der Waals surface area contributed by atoms with Crippen molar-refractivity contribution in [2.45, 2.75) is 32.4 Å². The summed E-state index contributed by atoms with van der Waals surface area (Å²) in [5, 5.41) is 7.17. The summed E-state index contributed by atoms with van der Waals surface area (Å²) >= 11 is 0. The van der Waals surface area contributed by atoms with E-state index in [1.807, 2.05) is 29.0 Å². The van der Waals surface area contributed by atoms with Gasteiger partial charge in [-0.1, -0.05) is 5.16 Å². The normalized spacial score (nSPS) is 14.8. The first kappa shape index (κ1) is 22.8. The number of benzene rings is 1. The maximum absolute atomic E-state index is 12.5. The van der Waals surface area contributed by atoms with Gasteiger partial charge >= 0.3 is 0 Å². The molecule has 33 heavy (non-hydrogen) atoms. The molecule has 0 unspecified atom stereocenters. The maximum Gasteiger partial charge on any atom is 0.241 e. The lowest BCUT2D eigenvalue weighted by molar-refractivity contribution is -0.126. The van der Waals surface area contributed by atoms with E-state index in [4.69, 9.17) is 14.0 Å². The number of nitrogens with zero attached hydrogens (tertiary/aromatic N) is 5. The molecule has 3 aromatic rings. The number of carbonyl (C=O) groups is 1. The SMILES string of the molecule is COc1ccc(-c2noc(CN3CCC(C(=O)NCCCn4ccnc4)CC3)n2)cc1OC. The van der Waals surface area contributed by atoms with Gasteiger partial charge in [0.25, 0.3) is 0 Å². The van der Waals surface area contributed by atoms with Gasteiger partial charge in [-0.2, -0.15) is 4.98 Å². The van der Waals surface area contributed by atoms with E-state index in [2.05, 4.69) is 25.3 Å². The topological polar surface area (TPSA) is 108 Å². The molecule has 1 N–H and O–H groups in total. The summed E-state index contributed by atoms with van der Waals surface area (Å²) < 4.78 is 18.1. The number of carbonyl (C=O) groups excluding carboxylic acids is 1. The van der Waals surface area contributed by atoms with Crippen LogP contribution in [0.1, 0.15) is 25.2 Å². The zero-order valence-corrected chi connectivity index (χ0v) is 19.1. The van der Waals surface area contributed by atoms with Crippen LogP contribution in [-0.4, -0.2) is 64.4 Å². The summed E-state index contributed by atoms with van der Waals surface area (Å²) in [6.45, 7) is 3.74. The van der Waals surface area contributed by atoms with E-state index in [-0.39, 0.29) is 11.8 Å². The van der Waals surface area contributed by atoms with E-state index in [0.717, 1.165) is 44.5 Å². The number of amides is 1. The molecule has 1 amide bonds. The van der Waals surface area contributed by atoms with E-state index in [1.165, 1.54) is 0 Å². The predicted octanol–water partition coefficient (Wildman–Crippen LogP) is 2.37. The van der Waals surface area contributed by atoms with Gasteiger partial charge in [0.2, 0.25) is 17.6 Å². The second-order valence-electron chi connectivity index (χ2n) is 8.08. The van der Waals surface area contributed by atoms with Crippen LogP contribution < -0.4 is 14.8 Å². The Bertz CT molecular complexity index is 1030. The maximum atomic E-state index is 12.5. The van der Waals surface area contributed by atoms with Crippen LogP contribution in [0.2, 0.25) is 0 Å². The molecule has 0 spiro atoms. The van der Waals surface area contributed by atoms with Crippen molar-refractivity contribution < 1.29 is 18.8 Å². The first-order chi connectivity index (χ1) is 16.2. The standard InChI is InChI=1S/C23H30N6O4/c1-31-19-5-4-18(14-20(19)32-2)22-26-21(33-27-22)15-28-11-6-17(7-12-28)23(30)25-8-3-10-29-13-9-24-16-29/h4-5,9,13-14,16-17H,3,6-8,10-12,15H2,1-2H3,(H,25,30). The first-order valence-electron chi connectivity index (χ1n) is 11.2. The minimum atomic E-state index is 0.0551. The smallest absolute Gasteiger partial charge is 0.241 e. The number of hydrogen-bond acceptors (Lipinski definition) is 8. The van der Waals surface area contributed by atoms with Crippen molar-refractivity contribution >= 4 is 5.91 Å². The first-order valence-corrected chi connectivity index (χ1v) is 11.2. The van der Waals surface area contributed by atoms with Crippen LogP contribution in [0.25, 0.3) is 11.4 Å². The number of nitrogens with one attached hydrogen (secondary N) is 1. The average Bonchev–Trinajstić information content (AvgIpc) is 3.54.